The third-order valence-electron chi connectivity index (χ3n) is 7.28. The molecule has 1 fully saturated rings. The number of nitrogens with zero attached hydrogens (tertiary/aromatic N) is 6. The number of aliphatic imine (C=N–C) groups is 1. The molecule has 4 aliphatic heterocycles. The van der Waals surface area contributed by atoms with E-state index in [4.69, 9.17) is 24.2 Å². The first-order chi connectivity index (χ1) is 17.8. The maximum Gasteiger partial charge on any atom is 0.216 e. The minimum atomic E-state index is -0.153. The van der Waals surface area contributed by atoms with Crippen molar-refractivity contribution in [2.45, 2.75) is 12.6 Å². The lowest BCUT2D eigenvalue weighted by Gasteiger charge is -2.42. The highest BCUT2D eigenvalue weighted by atomic mass is 16.5. The standard InChI is InChI=1S/C26H31N7O3/c1-2-5-21-20(4-1)28-26-32-18-31(9-8-30-10-14-34-15-11-30)17-27-25(32)29-24(33(21)26)19-6-7-22-23(16-19)36-13-3-12-35-22/h1-2,4-7,16,24H,3,8-15,17-18H2,(H,27,29). The first-order valence-electron chi connectivity index (χ1n) is 12.8. The topological polar surface area (TPSA) is 79.6 Å². The van der Waals surface area contributed by atoms with Gasteiger partial charge in [0.25, 0.3) is 0 Å². The number of imidazole rings is 1. The number of hydrogen-bond donors (Lipinski definition) is 1. The molecular formula is C26H31N7O3. The van der Waals surface area contributed by atoms with Gasteiger partial charge in [0, 0.05) is 32.6 Å². The summed E-state index contributed by atoms with van der Waals surface area (Å²) in [5.74, 6) is 3.36. The Bertz CT molecular complexity index is 1290. The van der Waals surface area contributed by atoms with E-state index in [9.17, 15) is 0 Å². The number of para-hydroxylation sites is 2. The molecule has 7 rings (SSSR count). The largest absolute Gasteiger partial charge is 0.490 e. The second-order valence-corrected chi connectivity index (χ2v) is 9.62. The summed E-state index contributed by atoms with van der Waals surface area (Å²) in [5, 5.41) is 3.70. The van der Waals surface area contributed by atoms with Crippen molar-refractivity contribution in [1.82, 2.24) is 24.7 Å². The van der Waals surface area contributed by atoms with Crippen LogP contribution < -0.4 is 19.7 Å². The summed E-state index contributed by atoms with van der Waals surface area (Å²) in [7, 11) is 0. The van der Waals surface area contributed by atoms with Crippen LogP contribution in [0.4, 0.5) is 5.95 Å². The summed E-state index contributed by atoms with van der Waals surface area (Å²) in [6.07, 6.45) is 0.731. The van der Waals surface area contributed by atoms with Gasteiger partial charge in [-0.25, -0.2) is 9.98 Å². The molecule has 188 valence electrons. The molecule has 1 aromatic heterocycles. The summed E-state index contributed by atoms with van der Waals surface area (Å²) in [5.41, 5.74) is 3.14. The van der Waals surface area contributed by atoms with Crippen LogP contribution in [-0.4, -0.2) is 91.3 Å². The Morgan fingerprint density at radius 3 is 2.67 bits per heavy atom. The summed E-state index contributed by atoms with van der Waals surface area (Å²) in [6, 6.07) is 14.5. The lowest BCUT2D eigenvalue weighted by Crippen LogP contribution is -2.58. The molecule has 10 nitrogen and oxygen atoms in total. The highest BCUT2D eigenvalue weighted by Gasteiger charge is 2.36. The SMILES string of the molecule is c1ccc2c(c1)nc1n2C(c2ccc3c(c2)OCCCO3)NC2=NCN(CCN3CCOCC3)CN21. The molecule has 0 bridgehead atoms. The fourth-order valence-electron chi connectivity index (χ4n) is 5.34. The Balaban J connectivity index is 1.21. The predicted octanol–water partition coefficient (Wildman–Crippen LogP) is 2.07. The van der Waals surface area contributed by atoms with Crippen LogP contribution >= 0.6 is 0 Å². The van der Waals surface area contributed by atoms with Crippen LogP contribution in [0.3, 0.4) is 0 Å². The number of fused-ring (bicyclic) bond motifs is 6. The monoisotopic (exact) mass is 489 g/mol. The summed E-state index contributed by atoms with van der Waals surface area (Å²) in [6.45, 7) is 8.37. The highest BCUT2D eigenvalue weighted by molar-refractivity contribution is 5.98. The minimum Gasteiger partial charge on any atom is -0.490 e. The second-order valence-electron chi connectivity index (χ2n) is 9.62. The lowest BCUT2D eigenvalue weighted by atomic mass is 10.1. The van der Waals surface area contributed by atoms with E-state index in [1.807, 2.05) is 12.1 Å². The summed E-state index contributed by atoms with van der Waals surface area (Å²) in [4.78, 5) is 17.0. The Morgan fingerprint density at radius 2 is 1.75 bits per heavy atom. The quantitative estimate of drug-likeness (QED) is 0.597. The number of rotatable bonds is 4. The van der Waals surface area contributed by atoms with Crippen LogP contribution in [0.25, 0.3) is 11.0 Å². The van der Waals surface area contributed by atoms with Gasteiger partial charge in [-0.3, -0.25) is 19.3 Å². The van der Waals surface area contributed by atoms with Crippen molar-refractivity contribution in [1.29, 1.82) is 0 Å². The maximum absolute atomic E-state index is 6.00. The first-order valence-corrected chi connectivity index (χ1v) is 12.8. The van der Waals surface area contributed by atoms with Gasteiger partial charge >= 0.3 is 0 Å². The average Bonchev–Trinajstić information content (AvgIpc) is 3.16. The predicted molar refractivity (Wildman–Crippen MR) is 137 cm³/mol. The van der Waals surface area contributed by atoms with E-state index < -0.39 is 0 Å². The summed E-state index contributed by atoms with van der Waals surface area (Å²) < 4.78 is 19.6. The molecule has 0 saturated carbocycles. The van der Waals surface area contributed by atoms with Crippen molar-refractivity contribution in [2.75, 3.05) is 70.8 Å². The van der Waals surface area contributed by atoms with Gasteiger partial charge in [0.2, 0.25) is 11.9 Å². The fraction of sp³-hybridized carbons (Fsp3) is 0.462. The molecular weight excluding hydrogens is 458 g/mol. The van der Waals surface area contributed by atoms with E-state index in [1.54, 1.807) is 0 Å². The lowest BCUT2D eigenvalue weighted by molar-refractivity contribution is 0.0334. The zero-order valence-electron chi connectivity index (χ0n) is 20.3. The Hall–Kier alpha value is -3.34. The van der Waals surface area contributed by atoms with Gasteiger partial charge in [0.1, 0.15) is 6.17 Å². The maximum atomic E-state index is 6.00. The molecule has 1 unspecified atom stereocenters. The van der Waals surface area contributed by atoms with Gasteiger partial charge in [-0.1, -0.05) is 18.2 Å². The highest BCUT2D eigenvalue weighted by Crippen LogP contribution is 2.37. The first kappa shape index (κ1) is 21.9. The normalized spacial score (nSPS) is 22.4. The van der Waals surface area contributed by atoms with Crippen molar-refractivity contribution >= 4 is 22.9 Å². The number of hydrogen-bond acceptors (Lipinski definition) is 9. The Morgan fingerprint density at radius 1 is 0.917 bits per heavy atom. The number of benzene rings is 2. The van der Waals surface area contributed by atoms with E-state index in [0.717, 1.165) is 92.5 Å². The van der Waals surface area contributed by atoms with E-state index in [0.29, 0.717) is 19.9 Å². The van der Waals surface area contributed by atoms with E-state index in [1.165, 1.54) is 0 Å². The number of ether oxygens (including phenoxy) is 3. The van der Waals surface area contributed by atoms with Gasteiger partial charge < -0.3 is 19.5 Å². The van der Waals surface area contributed by atoms with Crippen molar-refractivity contribution < 1.29 is 14.2 Å². The number of nitrogens with one attached hydrogen (secondary N) is 1. The smallest absolute Gasteiger partial charge is 0.216 e. The Kier molecular flexibility index (Phi) is 5.64. The van der Waals surface area contributed by atoms with Gasteiger partial charge in [-0.05, 0) is 29.8 Å². The van der Waals surface area contributed by atoms with Crippen LogP contribution in [0, 0.1) is 0 Å². The zero-order chi connectivity index (χ0) is 23.9. The number of aromatic nitrogens is 2. The molecule has 0 radical (unpaired) electrons. The third-order valence-corrected chi connectivity index (χ3v) is 7.28. The van der Waals surface area contributed by atoms with E-state index in [-0.39, 0.29) is 6.17 Å². The number of anilines is 1. The number of guanidine groups is 1. The van der Waals surface area contributed by atoms with Crippen molar-refractivity contribution in [3.63, 3.8) is 0 Å². The van der Waals surface area contributed by atoms with Gasteiger partial charge in [0.05, 0.1) is 50.8 Å². The molecule has 3 aromatic rings. The number of morpholine rings is 1. The van der Waals surface area contributed by atoms with Crippen molar-refractivity contribution in [2.24, 2.45) is 4.99 Å². The second kappa shape index (κ2) is 9.27. The molecule has 1 saturated heterocycles. The van der Waals surface area contributed by atoms with Gasteiger partial charge in [-0.15, -0.1) is 0 Å². The molecule has 4 aliphatic rings. The Labute approximate surface area is 210 Å². The molecule has 0 spiro atoms. The molecule has 0 aliphatic carbocycles. The minimum absolute atomic E-state index is 0.153. The molecule has 36 heavy (non-hydrogen) atoms. The molecule has 1 N–H and O–H groups in total. The zero-order valence-corrected chi connectivity index (χ0v) is 20.3. The van der Waals surface area contributed by atoms with Crippen molar-refractivity contribution in [3.8, 4) is 11.5 Å². The third kappa shape index (κ3) is 3.95. The van der Waals surface area contributed by atoms with Crippen LogP contribution in [0.5, 0.6) is 11.5 Å². The van der Waals surface area contributed by atoms with Crippen LogP contribution in [-0.2, 0) is 4.74 Å². The van der Waals surface area contributed by atoms with E-state index >= 15 is 0 Å². The molecule has 10 heteroatoms. The molecule has 2 aromatic carbocycles. The van der Waals surface area contributed by atoms with Crippen LogP contribution in [0.2, 0.25) is 0 Å². The van der Waals surface area contributed by atoms with E-state index in [2.05, 4.69) is 54.9 Å². The van der Waals surface area contributed by atoms with Gasteiger partial charge in [-0.2, -0.15) is 0 Å². The average molecular weight is 490 g/mol. The summed E-state index contributed by atoms with van der Waals surface area (Å²) >= 11 is 0. The molecule has 0 amide bonds. The van der Waals surface area contributed by atoms with Gasteiger partial charge in [0.15, 0.2) is 11.5 Å². The fourth-order valence-corrected chi connectivity index (χ4v) is 5.34. The van der Waals surface area contributed by atoms with Crippen LogP contribution in [0.15, 0.2) is 47.5 Å². The molecule has 5 heterocycles. The van der Waals surface area contributed by atoms with Crippen LogP contribution in [0.1, 0.15) is 18.2 Å². The molecule has 1 atom stereocenters. The van der Waals surface area contributed by atoms with Crippen molar-refractivity contribution in [3.05, 3.63) is 48.0 Å².